The van der Waals surface area contributed by atoms with Gasteiger partial charge in [-0.2, -0.15) is 18.3 Å². The van der Waals surface area contributed by atoms with Crippen LogP contribution in [0, 0.1) is 0 Å². The highest BCUT2D eigenvalue weighted by atomic mass is 19.4. The zero-order valence-corrected chi connectivity index (χ0v) is 9.49. The maximum atomic E-state index is 12.9. The molecular formula is C10H11F3N3O2-. The summed E-state index contributed by atoms with van der Waals surface area (Å²) in [6.07, 6.45) is -3.28. The minimum absolute atomic E-state index is 0.129. The molecule has 0 aromatic carbocycles. The van der Waals surface area contributed by atoms with E-state index in [9.17, 15) is 23.1 Å². The number of rotatable bonds is 2. The number of carboxylic acid groups (broad SMARTS) is 1. The van der Waals surface area contributed by atoms with E-state index in [1.54, 1.807) is 6.92 Å². The van der Waals surface area contributed by atoms with E-state index in [-0.39, 0.29) is 17.8 Å². The monoisotopic (exact) mass is 262 g/mol. The average Bonchev–Trinajstić information content (AvgIpc) is 2.69. The molecule has 0 radical (unpaired) electrons. The summed E-state index contributed by atoms with van der Waals surface area (Å²) < 4.78 is 39.3. The molecule has 0 amide bonds. The summed E-state index contributed by atoms with van der Waals surface area (Å²) in [5.74, 6) is -1.67. The number of carboxylic acids is 1. The topological polar surface area (TPSA) is 70.0 Å². The molecule has 0 unspecified atom stereocenters. The highest BCUT2D eigenvalue weighted by Gasteiger charge is 2.46. The normalized spacial score (nSPS) is 23.3. The molecule has 0 saturated heterocycles. The van der Waals surface area contributed by atoms with Crippen molar-refractivity contribution in [2.45, 2.75) is 38.0 Å². The molecule has 0 bridgehead atoms. The van der Waals surface area contributed by atoms with E-state index in [2.05, 4.69) is 10.4 Å². The van der Waals surface area contributed by atoms with Crippen molar-refractivity contribution < 1.29 is 23.1 Å². The molecule has 0 fully saturated rings. The van der Waals surface area contributed by atoms with Crippen molar-refractivity contribution in [3.05, 3.63) is 11.8 Å². The Labute approximate surface area is 101 Å². The van der Waals surface area contributed by atoms with Gasteiger partial charge in [0.2, 0.25) is 0 Å². The first-order valence-electron chi connectivity index (χ1n) is 5.46. The first-order chi connectivity index (χ1) is 8.34. The number of hydrogen-bond acceptors (Lipinski definition) is 4. The summed E-state index contributed by atoms with van der Waals surface area (Å²) in [6.45, 7) is 1.73. The number of nitrogens with one attached hydrogen (secondary N) is 1. The molecule has 1 aromatic heterocycles. The van der Waals surface area contributed by atoms with Crippen LogP contribution in [0.5, 0.6) is 0 Å². The van der Waals surface area contributed by atoms with E-state index in [0.29, 0.717) is 11.1 Å². The molecule has 8 heteroatoms. The predicted molar refractivity (Wildman–Crippen MR) is 54.0 cm³/mol. The van der Waals surface area contributed by atoms with Crippen LogP contribution < -0.4 is 10.4 Å². The first kappa shape index (κ1) is 12.7. The Morgan fingerprint density at radius 1 is 1.67 bits per heavy atom. The van der Waals surface area contributed by atoms with Crippen LogP contribution in [-0.2, 0) is 0 Å². The minimum atomic E-state index is -4.46. The third kappa shape index (κ3) is 2.02. The SMILES string of the molecule is CC[C@H]1C[C@H](C(F)(F)F)n2ncc(C(=O)[O-])c2N1. The Bertz CT molecular complexity index is 469. The van der Waals surface area contributed by atoms with Crippen LogP contribution in [0.4, 0.5) is 19.0 Å². The van der Waals surface area contributed by atoms with Crippen LogP contribution in [0.2, 0.25) is 0 Å². The van der Waals surface area contributed by atoms with Gasteiger partial charge < -0.3 is 15.2 Å². The van der Waals surface area contributed by atoms with Crippen molar-refractivity contribution >= 4 is 11.8 Å². The quantitative estimate of drug-likeness (QED) is 0.861. The maximum Gasteiger partial charge on any atom is 0.410 e. The molecule has 0 spiro atoms. The summed E-state index contributed by atoms with van der Waals surface area (Å²) in [7, 11) is 0. The number of anilines is 1. The van der Waals surface area contributed by atoms with Gasteiger partial charge in [0.1, 0.15) is 5.82 Å². The van der Waals surface area contributed by atoms with E-state index in [0.717, 1.165) is 6.20 Å². The lowest BCUT2D eigenvalue weighted by Crippen LogP contribution is -2.39. The van der Waals surface area contributed by atoms with Crippen LogP contribution in [0.1, 0.15) is 36.2 Å². The number of carbonyl (C=O) groups excluding carboxylic acids is 1. The summed E-state index contributed by atoms with van der Waals surface area (Å²) in [6, 6.07) is -2.23. The molecule has 1 aliphatic heterocycles. The van der Waals surface area contributed by atoms with Gasteiger partial charge in [0.05, 0.1) is 17.7 Å². The van der Waals surface area contributed by atoms with Gasteiger partial charge in [-0.25, -0.2) is 4.68 Å². The van der Waals surface area contributed by atoms with Gasteiger partial charge in [-0.1, -0.05) is 6.92 Å². The number of fused-ring (bicyclic) bond motifs is 1. The molecular weight excluding hydrogens is 251 g/mol. The summed E-state index contributed by atoms with van der Waals surface area (Å²) in [4.78, 5) is 10.8. The number of aromatic carboxylic acids is 1. The average molecular weight is 262 g/mol. The number of carbonyl (C=O) groups is 1. The van der Waals surface area contributed by atoms with E-state index in [1.807, 2.05) is 0 Å². The van der Waals surface area contributed by atoms with Crippen LogP contribution in [-0.4, -0.2) is 28.0 Å². The number of nitrogens with zero attached hydrogens (tertiary/aromatic N) is 2. The molecule has 2 heterocycles. The fraction of sp³-hybridized carbons (Fsp3) is 0.600. The second-order valence-corrected chi connectivity index (χ2v) is 4.18. The molecule has 0 saturated carbocycles. The van der Waals surface area contributed by atoms with Crippen molar-refractivity contribution in [3.8, 4) is 0 Å². The van der Waals surface area contributed by atoms with Crippen LogP contribution in [0.15, 0.2) is 6.20 Å². The van der Waals surface area contributed by atoms with Gasteiger partial charge >= 0.3 is 6.18 Å². The lowest BCUT2D eigenvalue weighted by Gasteiger charge is -2.33. The molecule has 1 aromatic rings. The van der Waals surface area contributed by atoms with E-state index >= 15 is 0 Å². The Morgan fingerprint density at radius 3 is 2.83 bits per heavy atom. The third-order valence-electron chi connectivity index (χ3n) is 3.03. The Kier molecular flexibility index (Phi) is 2.95. The summed E-state index contributed by atoms with van der Waals surface area (Å²) in [5, 5.41) is 17.1. The molecule has 1 N–H and O–H groups in total. The number of hydrogen-bond donors (Lipinski definition) is 1. The second-order valence-electron chi connectivity index (χ2n) is 4.18. The molecule has 1 aliphatic rings. The highest BCUT2D eigenvalue weighted by Crippen LogP contribution is 2.40. The van der Waals surface area contributed by atoms with Crippen LogP contribution in [0.3, 0.4) is 0 Å². The predicted octanol–water partition coefficient (Wildman–Crippen LogP) is 0.944. The van der Waals surface area contributed by atoms with Gasteiger partial charge in [0.15, 0.2) is 6.04 Å². The third-order valence-corrected chi connectivity index (χ3v) is 3.03. The Balaban J connectivity index is 2.47. The minimum Gasteiger partial charge on any atom is -0.545 e. The Morgan fingerprint density at radius 2 is 2.33 bits per heavy atom. The van der Waals surface area contributed by atoms with Gasteiger partial charge in [0, 0.05) is 6.04 Å². The van der Waals surface area contributed by atoms with Crippen molar-refractivity contribution in [2.24, 2.45) is 0 Å². The maximum absolute atomic E-state index is 12.9. The zero-order chi connectivity index (χ0) is 13.5. The van der Waals surface area contributed by atoms with Gasteiger partial charge in [0.25, 0.3) is 0 Å². The highest BCUT2D eigenvalue weighted by molar-refractivity contribution is 5.91. The van der Waals surface area contributed by atoms with Crippen molar-refractivity contribution in [3.63, 3.8) is 0 Å². The molecule has 5 nitrogen and oxygen atoms in total. The van der Waals surface area contributed by atoms with Crippen LogP contribution in [0.25, 0.3) is 0 Å². The molecule has 2 atom stereocenters. The van der Waals surface area contributed by atoms with E-state index in [4.69, 9.17) is 0 Å². The van der Waals surface area contributed by atoms with Gasteiger partial charge in [-0.3, -0.25) is 0 Å². The van der Waals surface area contributed by atoms with Crippen LogP contribution >= 0.6 is 0 Å². The molecule has 2 rings (SSSR count). The van der Waals surface area contributed by atoms with E-state index in [1.165, 1.54) is 0 Å². The first-order valence-corrected chi connectivity index (χ1v) is 5.46. The molecule has 100 valence electrons. The summed E-state index contributed by atoms with van der Waals surface area (Å²) >= 11 is 0. The zero-order valence-electron chi connectivity index (χ0n) is 9.49. The molecule has 18 heavy (non-hydrogen) atoms. The van der Waals surface area contributed by atoms with Crippen molar-refractivity contribution in [1.29, 1.82) is 0 Å². The summed E-state index contributed by atoms with van der Waals surface area (Å²) in [5.41, 5.74) is -0.345. The number of alkyl halides is 3. The lowest BCUT2D eigenvalue weighted by molar-refractivity contribution is -0.255. The largest absolute Gasteiger partial charge is 0.545 e. The van der Waals surface area contributed by atoms with Gasteiger partial charge in [-0.15, -0.1) is 0 Å². The van der Waals surface area contributed by atoms with Crippen molar-refractivity contribution in [2.75, 3.05) is 5.32 Å². The lowest BCUT2D eigenvalue weighted by atomic mass is 10.0. The fourth-order valence-corrected chi connectivity index (χ4v) is 2.05. The number of halogens is 3. The second kappa shape index (κ2) is 4.18. The van der Waals surface area contributed by atoms with Gasteiger partial charge in [-0.05, 0) is 12.8 Å². The fourth-order valence-electron chi connectivity index (χ4n) is 2.05. The standard InChI is InChI=1S/C10H12F3N3O2/c1-2-5-3-7(10(11,12)13)16-8(15-5)6(4-14-16)9(17)18/h4-5,7,15H,2-3H2,1H3,(H,17,18)/p-1/t5-,7+/m0/s1. The van der Waals surface area contributed by atoms with E-state index < -0.39 is 24.2 Å². The molecule has 0 aliphatic carbocycles. The number of aromatic nitrogens is 2. The van der Waals surface area contributed by atoms with Crippen molar-refractivity contribution in [1.82, 2.24) is 9.78 Å². The smallest absolute Gasteiger partial charge is 0.410 e. The Hall–Kier alpha value is -1.73.